The summed E-state index contributed by atoms with van der Waals surface area (Å²) in [7, 11) is 0. The van der Waals surface area contributed by atoms with Crippen molar-refractivity contribution in [3.8, 4) is 11.1 Å². The van der Waals surface area contributed by atoms with Gasteiger partial charge < -0.3 is 25.5 Å². The highest BCUT2D eigenvalue weighted by Gasteiger charge is 2.35. The van der Waals surface area contributed by atoms with Crippen molar-refractivity contribution in [2.75, 3.05) is 57.1 Å². The molecule has 4 rings (SSSR count). The highest BCUT2D eigenvalue weighted by atomic mass is 16.5. The van der Waals surface area contributed by atoms with E-state index in [1.165, 1.54) is 0 Å². The van der Waals surface area contributed by atoms with Gasteiger partial charge in [-0.15, -0.1) is 0 Å². The van der Waals surface area contributed by atoms with Crippen molar-refractivity contribution in [3.63, 3.8) is 0 Å². The van der Waals surface area contributed by atoms with Crippen LogP contribution in [0, 0.1) is 5.92 Å². The molecule has 208 valence electrons. The maximum atomic E-state index is 13.5. The van der Waals surface area contributed by atoms with E-state index in [0.29, 0.717) is 42.2 Å². The number of hydrogen-bond acceptors (Lipinski definition) is 7. The van der Waals surface area contributed by atoms with Crippen molar-refractivity contribution in [3.05, 3.63) is 82.1 Å². The van der Waals surface area contributed by atoms with Gasteiger partial charge in [0.05, 0.1) is 37.0 Å². The number of esters is 1. The number of pyridine rings is 1. The number of nitrogens with zero attached hydrogens (tertiary/aromatic N) is 1. The van der Waals surface area contributed by atoms with Crippen LogP contribution in [0.5, 0.6) is 0 Å². The highest BCUT2D eigenvalue weighted by Crippen LogP contribution is 2.43. The molecule has 1 fully saturated rings. The van der Waals surface area contributed by atoms with Crippen LogP contribution in [0.1, 0.15) is 43.7 Å². The van der Waals surface area contributed by atoms with Gasteiger partial charge >= 0.3 is 5.97 Å². The van der Waals surface area contributed by atoms with Crippen molar-refractivity contribution in [1.29, 1.82) is 0 Å². The Balaban J connectivity index is 1.84. The van der Waals surface area contributed by atoms with E-state index >= 15 is 0 Å². The second-order valence-electron chi connectivity index (χ2n) is 9.85. The number of nitrogen functional groups attached to an aromatic ring is 1. The zero-order valence-electron chi connectivity index (χ0n) is 22.9. The van der Waals surface area contributed by atoms with Gasteiger partial charge in [0.25, 0.3) is 5.56 Å². The molecule has 1 aliphatic heterocycles. The summed E-state index contributed by atoms with van der Waals surface area (Å²) in [5.74, 6) is -0.637. The molecule has 2 unspecified atom stereocenters. The number of aromatic nitrogens is 1. The van der Waals surface area contributed by atoms with E-state index in [1.54, 1.807) is 0 Å². The molecule has 0 bridgehead atoms. The first-order valence-electron chi connectivity index (χ1n) is 13.9. The summed E-state index contributed by atoms with van der Waals surface area (Å²) in [5, 5.41) is 3.46. The van der Waals surface area contributed by atoms with E-state index in [1.807, 2.05) is 74.5 Å². The summed E-state index contributed by atoms with van der Waals surface area (Å²) >= 11 is 0. The lowest BCUT2D eigenvalue weighted by Gasteiger charge is -2.30. The number of ether oxygens (including phenoxy) is 2. The van der Waals surface area contributed by atoms with Gasteiger partial charge in [0, 0.05) is 37.7 Å². The number of morpholine rings is 1. The molecule has 1 saturated heterocycles. The quantitative estimate of drug-likeness (QED) is 0.295. The lowest BCUT2D eigenvalue weighted by atomic mass is 9.78. The standard InChI is InChI=1S/C31H40N4O4/c1-3-19-39-31(37)24(4-2)25(22-11-7-5-8-12-22)27-28(32)26(23-13-9-6-10-14-23)30(36)34-29(27)33-15-16-35-17-20-38-21-18-35/h5-14,24-25H,3-4,15-21H2,1-2H3,(H4,32,33,34,36). The maximum Gasteiger partial charge on any atom is 0.309 e. The summed E-state index contributed by atoms with van der Waals surface area (Å²) in [6.07, 6.45) is 1.29. The van der Waals surface area contributed by atoms with Crippen molar-refractivity contribution in [1.82, 2.24) is 9.88 Å². The number of hydrogen-bond donors (Lipinski definition) is 3. The average molecular weight is 533 g/mol. The third-order valence-corrected chi connectivity index (χ3v) is 7.25. The summed E-state index contributed by atoms with van der Waals surface area (Å²) in [6.45, 7) is 8.89. The molecule has 2 aromatic carbocycles. The number of nitrogens with two attached hydrogens (primary N) is 1. The third kappa shape index (κ3) is 6.88. The lowest BCUT2D eigenvalue weighted by molar-refractivity contribution is -0.149. The minimum atomic E-state index is -0.490. The Morgan fingerprint density at radius 3 is 2.38 bits per heavy atom. The zero-order chi connectivity index (χ0) is 27.6. The van der Waals surface area contributed by atoms with Crippen LogP contribution >= 0.6 is 0 Å². The van der Waals surface area contributed by atoms with E-state index in [0.717, 1.165) is 50.4 Å². The highest BCUT2D eigenvalue weighted by molar-refractivity contribution is 5.84. The first-order valence-corrected chi connectivity index (χ1v) is 13.9. The predicted octanol–water partition coefficient (Wildman–Crippen LogP) is 4.48. The Morgan fingerprint density at radius 1 is 1.08 bits per heavy atom. The fourth-order valence-electron chi connectivity index (χ4n) is 5.26. The van der Waals surface area contributed by atoms with Crippen LogP contribution in [-0.4, -0.2) is 61.9 Å². The molecule has 4 N–H and O–H groups in total. The molecule has 0 saturated carbocycles. The number of rotatable bonds is 12. The molecule has 2 heterocycles. The Kier molecular flexibility index (Phi) is 10.2. The molecule has 0 aliphatic carbocycles. The minimum Gasteiger partial charge on any atom is -0.465 e. The summed E-state index contributed by atoms with van der Waals surface area (Å²) < 4.78 is 11.1. The molecule has 3 aromatic rings. The molecule has 0 spiro atoms. The van der Waals surface area contributed by atoms with Gasteiger partial charge in [-0.1, -0.05) is 74.5 Å². The van der Waals surface area contributed by atoms with Gasteiger partial charge in [-0.3, -0.25) is 14.5 Å². The van der Waals surface area contributed by atoms with Crippen LogP contribution in [0.25, 0.3) is 11.1 Å². The van der Waals surface area contributed by atoms with Crippen LogP contribution < -0.4 is 16.6 Å². The fraction of sp³-hybridized carbons (Fsp3) is 0.419. The molecule has 8 nitrogen and oxygen atoms in total. The van der Waals surface area contributed by atoms with Crippen LogP contribution in [-0.2, 0) is 14.3 Å². The maximum absolute atomic E-state index is 13.5. The fourth-order valence-corrected chi connectivity index (χ4v) is 5.26. The van der Waals surface area contributed by atoms with E-state index in [2.05, 4.69) is 15.2 Å². The number of benzene rings is 2. The second-order valence-corrected chi connectivity index (χ2v) is 9.85. The third-order valence-electron chi connectivity index (χ3n) is 7.25. The monoisotopic (exact) mass is 532 g/mol. The van der Waals surface area contributed by atoms with Gasteiger partial charge in [0.15, 0.2) is 0 Å². The van der Waals surface area contributed by atoms with E-state index in [9.17, 15) is 9.59 Å². The van der Waals surface area contributed by atoms with Crippen molar-refractivity contribution in [2.45, 2.75) is 32.6 Å². The number of anilines is 2. The molecule has 0 radical (unpaired) electrons. The van der Waals surface area contributed by atoms with Crippen LogP contribution in [0.4, 0.5) is 11.5 Å². The second kappa shape index (κ2) is 14.0. The van der Waals surface area contributed by atoms with Gasteiger partial charge in [-0.25, -0.2) is 0 Å². The van der Waals surface area contributed by atoms with Gasteiger partial charge in [0.1, 0.15) is 5.82 Å². The van der Waals surface area contributed by atoms with Crippen molar-refractivity contribution < 1.29 is 14.3 Å². The van der Waals surface area contributed by atoms with Crippen LogP contribution in [0.3, 0.4) is 0 Å². The summed E-state index contributed by atoms with van der Waals surface area (Å²) in [5.41, 5.74) is 9.80. The normalized spacial score (nSPS) is 15.4. The van der Waals surface area contributed by atoms with E-state index in [4.69, 9.17) is 15.2 Å². The van der Waals surface area contributed by atoms with E-state index in [-0.39, 0.29) is 11.5 Å². The zero-order valence-corrected chi connectivity index (χ0v) is 22.9. The van der Waals surface area contributed by atoms with Gasteiger partial charge in [-0.2, -0.15) is 0 Å². The van der Waals surface area contributed by atoms with Gasteiger partial charge in [0.2, 0.25) is 0 Å². The van der Waals surface area contributed by atoms with Crippen molar-refractivity contribution in [2.24, 2.45) is 5.92 Å². The summed E-state index contributed by atoms with van der Waals surface area (Å²) in [4.78, 5) is 32.3. The Bertz CT molecular complexity index is 1260. The molecular formula is C31H40N4O4. The van der Waals surface area contributed by atoms with Crippen molar-refractivity contribution >= 4 is 17.5 Å². The molecular weight excluding hydrogens is 492 g/mol. The molecule has 8 heteroatoms. The van der Waals surface area contributed by atoms with Gasteiger partial charge in [-0.05, 0) is 24.0 Å². The Hall–Kier alpha value is -3.62. The molecule has 0 amide bonds. The molecule has 1 aliphatic rings. The Labute approximate surface area is 230 Å². The number of aromatic amines is 1. The molecule has 1 aromatic heterocycles. The smallest absolute Gasteiger partial charge is 0.309 e. The first kappa shape index (κ1) is 28.4. The van der Waals surface area contributed by atoms with Crippen LogP contribution in [0.2, 0.25) is 0 Å². The largest absolute Gasteiger partial charge is 0.465 e. The number of carbonyl (C=O) groups excluding carboxylic acids is 1. The predicted molar refractivity (Wildman–Crippen MR) is 156 cm³/mol. The SMILES string of the molecule is CCCOC(=O)C(CC)C(c1ccccc1)c1c(NCCN2CCOCC2)[nH]c(=O)c(-c2ccccc2)c1N. The summed E-state index contributed by atoms with van der Waals surface area (Å²) in [6, 6.07) is 19.3. The minimum absolute atomic E-state index is 0.265. The average Bonchev–Trinajstić information content (AvgIpc) is 2.97. The number of nitrogens with one attached hydrogen (secondary N) is 2. The van der Waals surface area contributed by atoms with E-state index < -0.39 is 11.8 Å². The molecule has 39 heavy (non-hydrogen) atoms. The first-order chi connectivity index (χ1) is 19.0. The topological polar surface area (TPSA) is 110 Å². The lowest BCUT2D eigenvalue weighted by Crippen LogP contribution is -2.39. The van der Waals surface area contributed by atoms with Crippen LogP contribution in [0.15, 0.2) is 65.5 Å². The molecule has 2 atom stereocenters. The Morgan fingerprint density at radius 2 is 1.74 bits per heavy atom. The number of H-pyrrole nitrogens is 1. The number of carbonyl (C=O) groups is 1.